The van der Waals surface area contributed by atoms with Crippen molar-refractivity contribution in [2.75, 3.05) is 10.6 Å². The first-order valence-corrected chi connectivity index (χ1v) is 9.34. The minimum atomic E-state index is -0.225. The van der Waals surface area contributed by atoms with Gasteiger partial charge in [-0.3, -0.25) is 4.79 Å². The predicted molar refractivity (Wildman–Crippen MR) is 113 cm³/mol. The van der Waals surface area contributed by atoms with E-state index in [1.165, 1.54) is 11.1 Å². The van der Waals surface area contributed by atoms with Gasteiger partial charge in [0.1, 0.15) is 11.6 Å². The molecule has 0 aliphatic rings. The Morgan fingerprint density at radius 3 is 2.46 bits per heavy atom. The Balaban J connectivity index is 1.61. The molecule has 5 nitrogen and oxygen atoms in total. The molecular formula is C23H25N3O2. The van der Waals surface area contributed by atoms with E-state index in [1.807, 2.05) is 38.1 Å². The molecule has 0 saturated heterocycles. The monoisotopic (exact) mass is 375 g/mol. The van der Waals surface area contributed by atoms with Gasteiger partial charge in [0.25, 0.3) is 5.91 Å². The van der Waals surface area contributed by atoms with E-state index in [1.54, 1.807) is 18.3 Å². The number of hydrogen-bond donors (Lipinski definition) is 2. The van der Waals surface area contributed by atoms with Crippen molar-refractivity contribution in [3.8, 4) is 5.75 Å². The molecule has 1 amide bonds. The third kappa shape index (κ3) is 5.33. The van der Waals surface area contributed by atoms with E-state index in [4.69, 9.17) is 4.74 Å². The average Bonchev–Trinajstić information content (AvgIpc) is 2.69. The van der Waals surface area contributed by atoms with Gasteiger partial charge in [0, 0.05) is 12.7 Å². The maximum Gasteiger partial charge on any atom is 0.257 e. The first kappa shape index (κ1) is 19.4. The summed E-state index contributed by atoms with van der Waals surface area (Å²) in [5, 5.41) is 6.15. The number of anilines is 2. The number of para-hydroxylation sites is 2. The third-order valence-electron chi connectivity index (χ3n) is 4.12. The molecule has 3 rings (SSSR count). The van der Waals surface area contributed by atoms with Crippen molar-refractivity contribution in [2.24, 2.45) is 0 Å². The van der Waals surface area contributed by atoms with Crippen molar-refractivity contribution in [1.29, 1.82) is 0 Å². The highest BCUT2D eigenvalue weighted by Crippen LogP contribution is 2.25. The SMILES string of the molecule is Cc1ccc(CNc2ccc(C(=O)Nc3ccccc3OC(C)C)cn2)cc1. The number of carbonyl (C=O) groups excluding carboxylic acids is 1. The van der Waals surface area contributed by atoms with Gasteiger partial charge in [-0.05, 0) is 50.6 Å². The Morgan fingerprint density at radius 1 is 1.04 bits per heavy atom. The third-order valence-corrected chi connectivity index (χ3v) is 4.12. The van der Waals surface area contributed by atoms with E-state index in [-0.39, 0.29) is 12.0 Å². The average molecular weight is 375 g/mol. The summed E-state index contributed by atoms with van der Waals surface area (Å²) in [6.07, 6.45) is 1.59. The van der Waals surface area contributed by atoms with Crippen LogP contribution in [0.5, 0.6) is 5.75 Å². The van der Waals surface area contributed by atoms with Crippen LogP contribution in [0.15, 0.2) is 66.9 Å². The number of benzene rings is 2. The molecular weight excluding hydrogens is 350 g/mol. The van der Waals surface area contributed by atoms with Crippen molar-refractivity contribution < 1.29 is 9.53 Å². The fourth-order valence-corrected chi connectivity index (χ4v) is 2.65. The lowest BCUT2D eigenvalue weighted by Gasteiger charge is -2.14. The topological polar surface area (TPSA) is 63.2 Å². The van der Waals surface area contributed by atoms with Crippen LogP contribution in [0.3, 0.4) is 0 Å². The summed E-state index contributed by atoms with van der Waals surface area (Å²) in [4.78, 5) is 16.9. The van der Waals surface area contributed by atoms with Crippen molar-refractivity contribution in [3.63, 3.8) is 0 Å². The second-order valence-electron chi connectivity index (χ2n) is 6.89. The molecule has 0 fully saturated rings. The number of amides is 1. The summed E-state index contributed by atoms with van der Waals surface area (Å²) in [6.45, 7) is 6.64. The van der Waals surface area contributed by atoms with Gasteiger partial charge >= 0.3 is 0 Å². The van der Waals surface area contributed by atoms with Crippen molar-refractivity contribution in [3.05, 3.63) is 83.6 Å². The summed E-state index contributed by atoms with van der Waals surface area (Å²) >= 11 is 0. The molecule has 0 aliphatic heterocycles. The Kier molecular flexibility index (Phi) is 6.27. The van der Waals surface area contributed by atoms with E-state index in [0.29, 0.717) is 23.5 Å². The molecule has 0 spiro atoms. The van der Waals surface area contributed by atoms with E-state index >= 15 is 0 Å². The minimum absolute atomic E-state index is 0.0265. The molecule has 0 saturated carbocycles. The van der Waals surface area contributed by atoms with Gasteiger partial charge in [0.15, 0.2) is 0 Å². The fourth-order valence-electron chi connectivity index (χ4n) is 2.65. The number of nitrogens with one attached hydrogen (secondary N) is 2. The lowest BCUT2D eigenvalue weighted by molar-refractivity contribution is 0.102. The van der Waals surface area contributed by atoms with Crippen LogP contribution >= 0.6 is 0 Å². The van der Waals surface area contributed by atoms with E-state index in [9.17, 15) is 4.79 Å². The lowest BCUT2D eigenvalue weighted by Crippen LogP contribution is -2.15. The maximum atomic E-state index is 12.5. The number of nitrogens with zero attached hydrogens (tertiary/aromatic N) is 1. The van der Waals surface area contributed by atoms with Gasteiger partial charge < -0.3 is 15.4 Å². The molecule has 28 heavy (non-hydrogen) atoms. The number of rotatable bonds is 7. The molecule has 3 aromatic rings. The summed E-state index contributed by atoms with van der Waals surface area (Å²) in [7, 11) is 0. The Labute approximate surface area is 165 Å². The quantitative estimate of drug-likeness (QED) is 0.607. The highest BCUT2D eigenvalue weighted by atomic mass is 16.5. The molecule has 1 aromatic heterocycles. The van der Waals surface area contributed by atoms with Crippen LogP contribution in [0.2, 0.25) is 0 Å². The highest BCUT2D eigenvalue weighted by molar-refractivity contribution is 6.04. The maximum absolute atomic E-state index is 12.5. The minimum Gasteiger partial charge on any atom is -0.489 e. The summed E-state index contributed by atoms with van der Waals surface area (Å²) in [5.41, 5.74) is 3.54. The summed E-state index contributed by atoms with van der Waals surface area (Å²) in [6, 6.07) is 19.3. The van der Waals surface area contributed by atoms with E-state index < -0.39 is 0 Å². The molecule has 1 heterocycles. The Morgan fingerprint density at radius 2 is 1.79 bits per heavy atom. The molecule has 2 aromatic carbocycles. The molecule has 2 N–H and O–H groups in total. The van der Waals surface area contributed by atoms with Crippen LogP contribution < -0.4 is 15.4 Å². The standard InChI is InChI=1S/C23H25N3O2/c1-16(2)28-21-7-5-4-6-20(21)26-23(27)19-12-13-22(25-15-19)24-14-18-10-8-17(3)9-11-18/h4-13,15-16H,14H2,1-3H3,(H,24,25)(H,26,27). The molecule has 0 unspecified atom stereocenters. The fraction of sp³-hybridized carbons (Fsp3) is 0.217. The largest absolute Gasteiger partial charge is 0.489 e. The summed E-state index contributed by atoms with van der Waals surface area (Å²) < 4.78 is 5.74. The molecule has 0 radical (unpaired) electrons. The van der Waals surface area contributed by atoms with Crippen LogP contribution in [-0.4, -0.2) is 17.0 Å². The first-order valence-electron chi connectivity index (χ1n) is 9.34. The van der Waals surface area contributed by atoms with Gasteiger partial charge in [-0.1, -0.05) is 42.0 Å². The summed E-state index contributed by atoms with van der Waals surface area (Å²) in [5.74, 6) is 1.15. The number of carbonyl (C=O) groups is 1. The highest BCUT2D eigenvalue weighted by Gasteiger charge is 2.11. The van der Waals surface area contributed by atoms with Crippen LogP contribution in [0.4, 0.5) is 11.5 Å². The van der Waals surface area contributed by atoms with E-state index in [0.717, 1.165) is 5.82 Å². The van der Waals surface area contributed by atoms with Crippen molar-refractivity contribution >= 4 is 17.4 Å². The number of aromatic nitrogens is 1. The van der Waals surface area contributed by atoms with Crippen molar-refractivity contribution in [2.45, 2.75) is 33.4 Å². The second kappa shape index (κ2) is 9.04. The van der Waals surface area contributed by atoms with Crippen LogP contribution in [-0.2, 0) is 6.54 Å². The number of aryl methyl sites for hydroxylation is 1. The molecule has 0 atom stereocenters. The second-order valence-corrected chi connectivity index (χ2v) is 6.89. The van der Waals surface area contributed by atoms with Crippen LogP contribution in [0, 0.1) is 6.92 Å². The zero-order valence-corrected chi connectivity index (χ0v) is 16.4. The predicted octanol–water partition coefficient (Wildman–Crippen LogP) is 5.04. The lowest BCUT2D eigenvalue weighted by atomic mass is 10.1. The van der Waals surface area contributed by atoms with Crippen LogP contribution in [0.1, 0.15) is 35.3 Å². The smallest absolute Gasteiger partial charge is 0.257 e. The van der Waals surface area contributed by atoms with Gasteiger partial charge in [-0.15, -0.1) is 0 Å². The Bertz CT molecular complexity index is 919. The van der Waals surface area contributed by atoms with Gasteiger partial charge in [-0.2, -0.15) is 0 Å². The Hall–Kier alpha value is -3.34. The van der Waals surface area contributed by atoms with Crippen molar-refractivity contribution in [1.82, 2.24) is 4.98 Å². The molecule has 144 valence electrons. The van der Waals surface area contributed by atoms with E-state index in [2.05, 4.69) is 46.8 Å². The number of ether oxygens (including phenoxy) is 1. The zero-order valence-electron chi connectivity index (χ0n) is 16.4. The normalized spacial score (nSPS) is 10.6. The van der Waals surface area contributed by atoms with Gasteiger partial charge in [0.05, 0.1) is 17.4 Å². The zero-order chi connectivity index (χ0) is 19.9. The van der Waals surface area contributed by atoms with Crippen LogP contribution in [0.25, 0.3) is 0 Å². The molecule has 0 bridgehead atoms. The first-order chi connectivity index (χ1) is 13.5. The number of pyridine rings is 1. The number of hydrogen-bond acceptors (Lipinski definition) is 4. The van der Waals surface area contributed by atoms with Gasteiger partial charge in [-0.25, -0.2) is 4.98 Å². The van der Waals surface area contributed by atoms with Gasteiger partial charge in [0.2, 0.25) is 0 Å². The molecule has 5 heteroatoms. The molecule has 0 aliphatic carbocycles.